The van der Waals surface area contributed by atoms with E-state index in [0.29, 0.717) is 37.2 Å². The maximum absolute atomic E-state index is 13.0. The van der Waals surface area contributed by atoms with E-state index in [1.807, 2.05) is 84.2 Å². The van der Waals surface area contributed by atoms with Crippen LogP contribution in [0.5, 0.6) is 11.5 Å². The second kappa shape index (κ2) is 19.4. The molecule has 2 heterocycles. The summed E-state index contributed by atoms with van der Waals surface area (Å²) in [6.45, 7) is 0.0610. The van der Waals surface area contributed by atoms with Crippen LogP contribution < -0.4 is 31.4 Å². The third kappa shape index (κ3) is 10.8. The molecule has 5 rings (SSSR count). The van der Waals surface area contributed by atoms with Crippen LogP contribution in [0.25, 0.3) is 6.08 Å². The number of rotatable bonds is 18. The van der Waals surface area contributed by atoms with E-state index in [1.54, 1.807) is 14.2 Å². The van der Waals surface area contributed by atoms with Gasteiger partial charge in [0.25, 0.3) is 5.56 Å². The number of halogens is 3. The average molecular weight is 795 g/mol. The van der Waals surface area contributed by atoms with Gasteiger partial charge in [-0.2, -0.15) is 13.2 Å². The van der Waals surface area contributed by atoms with Crippen LogP contribution in [0.1, 0.15) is 60.6 Å². The molecule has 0 saturated carbocycles. The monoisotopic (exact) mass is 794 g/mol. The molecule has 1 aromatic heterocycles. The molecule has 1 aliphatic heterocycles. The van der Waals surface area contributed by atoms with Gasteiger partial charge in [-0.05, 0) is 59.9 Å². The Morgan fingerprint density at radius 1 is 0.860 bits per heavy atom. The molecule has 4 N–H and O–H groups in total. The van der Waals surface area contributed by atoms with E-state index in [1.165, 1.54) is 12.3 Å². The number of methoxy groups -OCH3 is 2. The number of aromatic amines is 1. The third-order valence-corrected chi connectivity index (χ3v) is 9.51. The minimum atomic E-state index is -4.92. The van der Waals surface area contributed by atoms with Gasteiger partial charge in [0.1, 0.15) is 29.4 Å². The van der Waals surface area contributed by atoms with Crippen LogP contribution in [0.2, 0.25) is 0 Å². The number of H-pyrrole nitrogens is 1. The molecule has 0 bridgehead atoms. The van der Waals surface area contributed by atoms with E-state index in [2.05, 4.69) is 10.3 Å². The average Bonchev–Trinajstić information content (AvgIpc) is 3.58. The van der Waals surface area contributed by atoms with Crippen molar-refractivity contribution in [1.82, 2.24) is 20.2 Å². The minimum absolute atomic E-state index is 0.00171. The van der Waals surface area contributed by atoms with Gasteiger partial charge in [0.05, 0.1) is 32.5 Å². The summed E-state index contributed by atoms with van der Waals surface area (Å²) in [7, 11) is 3.16. The number of amides is 2. The first-order chi connectivity index (χ1) is 27.3. The number of aliphatic hydroxyl groups is 1. The normalized spacial score (nSPS) is 17.1. The standard InChI is InChI=1S/C41H45F3N4O9/c1-54-31-17-13-29(14-18-31)40(28-10-6-5-7-11-28,30-15-19-32(55-2)20-16-30)56-26-34-33(49)24-36(57-34)48-25-27(37(51)47-39(48)53)12-21-35(50)45-22-8-3-4-9-23-46-38(52)41(42,43)44/h5-7,10-21,25,33-34,36,49H,3-4,8-9,22-24,26H2,1-2H3,(H,45,50)(H,46,52)(H,47,51,53)/b21-12+. The van der Waals surface area contributed by atoms with Crippen LogP contribution in [0.3, 0.4) is 0 Å². The molecule has 3 unspecified atom stereocenters. The molecule has 4 aromatic rings. The van der Waals surface area contributed by atoms with Crippen LogP contribution in [-0.2, 0) is 24.7 Å². The van der Waals surface area contributed by atoms with E-state index in [9.17, 15) is 37.5 Å². The molecule has 1 aliphatic rings. The van der Waals surface area contributed by atoms with Crippen molar-refractivity contribution in [2.24, 2.45) is 0 Å². The van der Waals surface area contributed by atoms with Gasteiger partial charge in [-0.15, -0.1) is 0 Å². The summed E-state index contributed by atoms with van der Waals surface area (Å²) in [4.78, 5) is 51.1. The van der Waals surface area contributed by atoms with Crippen LogP contribution in [-0.4, -0.2) is 78.8 Å². The zero-order chi connectivity index (χ0) is 41.0. The Morgan fingerprint density at radius 2 is 1.42 bits per heavy atom. The number of carbonyl (C=O) groups is 2. The molecule has 3 aromatic carbocycles. The highest BCUT2D eigenvalue weighted by molar-refractivity contribution is 5.91. The maximum atomic E-state index is 13.0. The van der Waals surface area contributed by atoms with Gasteiger partial charge in [-0.1, -0.05) is 67.4 Å². The highest BCUT2D eigenvalue weighted by atomic mass is 19.4. The van der Waals surface area contributed by atoms with Gasteiger partial charge in [0.15, 0.2) is 0 Å². The molecule has 13 nitrogen and oxygen atoms in total. The summed E-state index contributed by atoms with van der Waals surface area (Å²) in [5.74, 6) is -1.18. The van der Waals surface area contributed by atoms with Gasteiger partial charge in [0.2, 0.25) is 5.91 Å². The molecule has 2 amide bonds. The first-order valence-electron chi connectivity index (χ1n) is 18.3. The third-order valence-electron chi connectivity index (χ3n) is 9.51. The van der Waals surface area contributed by atoms with E-state index in [4.69, 9.17) is 18.9 Å². The minimum Gasteiger partial charge on any atom is -0.497 e. The fraction of sp³-hybridized carbons (Fsp3) is 0.366. The number of nitrogens with zero attached hydrogens (tertiary/aromatic N) is 1. The molecule has 1 saturated heterocycles. The first-order valence-corrected chi connectivity index (χ1v) is 18.3. The Bertz CT molecular complexity index is 2040. The smallest absolute Gasteiger partial charge is 0.471 e. The lowest BCUT2D eigenvalue weighted by Crippen LogP contribution is -2.38. The number of aliphatic hydroxyl groups excluding tert-OH is 1. The van der Waals surface area contributed by atoms with Crippen LogP contribution in [0.4, 0.5) is 13.2 Å². The lowest BCUT2D eigenvalue weighted by molar-refractivity contribution is -0.173. The molecule has 0 radical (unpaired) electrons. The Balaban J connectivity index is 1.25. The Hall–Kier alpha value is -5.71. The van der Waals surface area contributed by atoms with Crippen LogP contribution >= 0.6 is 0 Å². The van der Waals surface area contributed by atoms with E-state index >= 15 is 0 Å². The van der Waals surface area contributed by atoms with Crippen molar-refractivity contribution < 1.29 is 46.8 Å². The Labute approximate surface area is 326 Å². The van der Waals surface area contributed by atoms with Crippen LogP contribution in [0, 0.1) is 0 Å². The second-order valence-electron chi connectivity index (χ2n) is 13.3. The number of benzene rings is 3. The fourth-order valence-corrected chi connectivity index (χ4v) is 6.49. The topological polar surface area (TPSA) is 170 Å². The van der Waals surface area contributed by atoms with E-state index < -0.39 is 53.3 Å². The molecular formula is C41H45F3N4O9. The van der Waals surface area contributed by atoms with Gasteiger partial charge < -0.3 is 34.7 Å². The molecule has 304 valence electrons. The largest absolute Gasteiger partial charge is 0.497 e. The molecule has 0 spiro atoms. The van der Waals surface area contributed by atoms with Gasteiger partial charge >= 0.3 is 17.8 Å². The summed E-state index contributed by atoms with van der Waals surface area (Å²) in [5, 5.41) is 15.7. The van der Waals surface area contributed by atoms with Crippen molar-refractivity contribution in [3.05, 3.63) is 134 Å². The SMILES string of the molecule is COc1ccc(C(OCC2OC(n3cc(/C=C/C(=O)NCCCCCCNC(=O)C(F)(F)F)c(=O)[nH]c3=O)CC2O)(c2ccccc2)c2ccc(OC)cc2)cc1. The molecule has 16 heteroatoms. The summed E-state index contributed by atoms with van der Waals surface area (Å²) in [6.07, 6.45) is -2.16. The van der Waals surface area contributed by atoms with Crippen molar-refractivity contribution in [3.63, 3.8) is 0 Å². The summed E-state index contributed by atoms with van der Waals surface area (Å²) in [5.41, 5.74) is -0.350. The van der Waals surface area contributed by atoms with Crippen molar-refractivity contribution in [2.45, 2.75) is 62.3 Å². The molecule has 1 fully saturated rings. The lowest BCUT2D eigenvalue weighted by Gasteiger charge is -2.37. The number of hydrogen-bond acceptors (Lipinski definition) is 9. The highest BCUT2D eigenvalue weighted by Gasteiger charge is 2.42. The first kappa shape index (κ1) is 42.4. The number of unbranched alkanes of at least 4 members (excludes halogenated alkanes) is 3. The summed E-state index contributed by atoms with van der Waals surface area (Å²) < 4.78 is 61.8. The van der Waals surface area contributed by atoms with Crippen molar-refractivity contribution in [2.75, 3.05) is 33.9 Å². The van der Waals surface area contributed by atoms with Gasteiger partial charge in [-0.25, -0.2) is 4.79 Å². The number of ether oxygens (including phenoxy) is 4. The molecular weight excluding hydrogens is 749 g/mol. The Morgan fingerprint density at radius 3 is 1.98 bits per heavy atom. The number of carbonyl (C=O) groups excluding carboxylic acids is 2. The van der Waals surface area contributed by atoms with Crippen molar-refractivity contribution in [1.29, 1.82) is 0 Å². The van der Waals surface area contributed by atoms with Crippen molar-refractivity contribution in [3.8, 4) is 11.5 Å². The van der Waals surface area contributed by atoms with Crippen LogP contribution in [0.15, 0.2) is 101 Å². The fourth-order valence-electron chi connectivity index (χ4n) is 6.49. The maximum Gasteiger partial charge on any atom is 0.471 e. The highest BCUT2D eigenvalue weighted by Crippen LogP contribution is 2.42. The van der Waals surface area contributed by atoms with Gasteiger partial charge in [-0.3, -0.25) is 23.9 Å². The predicted molar refractivity (Wildman–Crippen MR) is 204 cm³/mol. The lowest BCUT2D eigenvalue weighted by atomic mass is 9.80. The molecule has 0 aliphatic carbocycles. The summed E-state index contributed by atoms with van der Waals surface area (Å²) >= 11 is 0. The predicted octanol–water partition coefficient (Wildman–Crippen LogP) is 4.58. The molecule has 57 heavy (non-hydrogen) atoms. The number of hydrogen-bond donors (Lipinski definition) is 4. The number of nitrogens with one attached hydrogen (secondary N) is 3. The number of alkyl halides is 3. The van der Waals surface area contributed by atoms with Gasteiger partial charge in [0, 0.05) is 31.8 Å². The second-order valence-corrected chi connectivity index (χ2v) is 13.3. The zero-order valence-electron chi connectivity index (χ0n) is 31.4. The zero-order valence-corrected chi connectivity index (χ0v) is 31.4. The Kier molecular flexibility index (Phi) is 14.5. The van der Waals surface area contributed by atoms with E-state index in [-0.39, 0.29) is 31.7 Å². The van der Waals surface area contributed by atoms with E-state index in [0.717, 1.165) is 27.3 Å². The summed E-state index contributed by atoms with van der Waals surface area (Å²) in [6, 6.07) is 24.5. The number of aromatic nitrogens is 2. The quantitative estimate of drug-likeness (QED) is 0.0640. The van der Waals surface area contributed by atoms with Crippen molar-refractivity contribution >= 4 is 17.9 Å². The molecule has 3 atom stereocenters.